The summed E-state index contributed by atoms with van der Waals surface area (Å²) in [5.41, 5.74) is 0.836. The largest absolute Gasteiger partial charge is 0.496 e. The molecule has 0 spiro atoms. The molecule has 1 aromatic rings. The fourth-order valence-electron chi connectivity index (χ4n) is 2.23. The molecule has 0 fully saturated rings. The van der Waals surface area contributed by atoms with E-state index in [1.807, 2.05) is 6.92 Å². The van der Waals surface area contributed by atoms with Crippen molar-refractivity contribution in [2.45, 2.75) is 39.0 Å². The van der Waals surface area contributed by atoms with Gasteiger partial charge in [0, 0.05) is 17.7 Å². The maximum atomic E-state index is 11.8. The van der Waals surface area contributed by atoms with Gasteiger partial charge in [0.2, 0.25) is 0 Å². The van der Waals surface area contributed by atoms with E-state index >= 15 is 0 Å². The average molecular weight is 295 g/mol. The molecule has 3 N–H and O–H groups in total. The third-order valence-corrected chi connectivity index (χ3v) is 3.67. The highest BCUT2D eigenvalue weighted by Crippen LogP contribution is 2.36. The molecular formula is C15H21NO5. The molecular weight excluding hydrogens is 274 g/mol. The van der Waals surface area contributed by atoms with E-state index in [2.05, 4.69) is 5.32 Å². The highest BCUT2D eigenvalue weighted by molar-refractivity contribution is 5.99. The lowest BCUT2D eigenvalue weighted by Gasteiger charge is -2.25. The van der Waals surface area contributed by atoms with Crippen LogP contribution < -0.4 is 14.8 Å². The van der Waals surface area contributed by atoms with Gasteiger partial charge in [0.1, 0.15) is 24.2 Å². The van der Waals surface area contributed by atoms with Gasteiger partial charge in [-0.3, -0.25) is 4.79 Å². The Balaban J connectivity index is 2.29. The maximum absolute atomic E-state index is 11.8. The molecule has 1 heterocycles. The van der Waals surface area contributed by atoms with Gasteiger partial charge in [0.15, 0.2) is 0 Å². The predicted octanol–water partition coefficient (Wildman–Crippen LogP) is 0.758. The minimum Gasteiger partial charge on any atom is -0.496 e. The second-order valence-corrected chi connectivity index (χ2v) is 5.72. The minimum atomic E-state index is -1.26. The number of hydrogen-bond donors (Lipinski definition) is 3. The van der Waals surface area contributed by atoms with Crippen molar-refractivity contribution >= 4 is 5.91 Å². The third-order valence-electron chi connectivity index (χ3n) is 3.67. The van der Waals surface area contributed by atoms with Gasteiger partial charge >= 0.3 is 0 Å². The minimum absolute atomic E-state index is 0.0755. The van der Waals surface area contributed by atoms with Crippen molar-refractivity contribution in [3.05, 3.63) is 22.8 Å². The zero-order chi connectivity index (χ0) is 15.8. The second-order valence-electron chi connectivity index (χ2n) is 5.72. The van der Waals surface area contributed by atoms with Gasteiger partial charge in [-0.1, -0.05) is 0 Å². The molecule has 2 rings (SSSR count). The number of amides is 1. The molecule has 1 aliphatic rings. The summed E-state index contributed by atoms with van der Waals surface area (Å²) in [6.07, 6.45) is -1.04. The van der Waals surface area contributed by atoms with Crippen LogP contribution in [-0.4, -0.2) is 41.5 Å². The Kier molecular flexibility index (Phi) is 4.11. The lowest BCUT2D eigenvalue weighted by Crippen LogP contribution is -2.40. The molecule has 0 aromatic heterocycles. The molecule has 6 nitrogen and oxygen atoms in total. The van der Waals surface area contributed by atoms with Crippen molar-refractivity contribution in [1.29, 1.82) is 0 Å². The van der Waals surface area contributed by atoms with E-state index in [0.717, 1.165) is 11.1 Å². The molecule has 1 aromatic carbocycles. The number of methoxy groups -OCH3 is 1. The van der Waals surface area contributed by atoms with Crippen LogP contribution in [0.25, 0.3) is 0 Å². The number of ether oxygens (including phenoxy) is 2. The summed E-state index contributed by atoms with van der Waals surface area (Å²) in [4.78, 5) is 11.8. The second kappa shape index (κ2) is 5.54. The van der Waals surface area contributed by atoms with Crippen LogP contribution in [0.1, 0.15) is 35.3 Å². The molecule has 0 saturated carbocycles. The molecule has 0 bridgehead atoms. The van der Waals surface area contributed by atoms with Crippen LogP contribution in [-0.2, 0) is 6.54 Å². The van der Waals surface area contributed by atoms with Gasteiger partial charge in [-0.05, 0) is 26.8 Å². The van der Waals surface area contributed by atoms with Crippen LogP contribution in [0.5, 0.6) is 11.5 Å². The smallest absolute Gasteiger partial charge is 0.252 e. The standard InChI is InChI=1S/C15H21NO5/c1-8-11(21-7-12(17)15(2,3)19)5-9-10(13(8)20-4)6-16-14(9)18/h5,12,17,19H,6-7H2,1-4H3,(H,16,18)/t12-/m0/s1. The zero-order valence-electron chi connectivity index (χ0n) is 12.7. The molecule has 1 amide bonds. The predicted molar refractivity (Wildman–Crippen MR) is 76.7 cm³/mol. The van der Waals surface area contributed by atoms with E-state index in [9.17, 15) is 15.0 Å². The topological polar surface area (TPSA) is 88.0 Å². The van der Waals surface area contributed by atoms with Crippen molar-refractivity contribution in [1.82, 2.24) is 5.32 Å². The average Bonchev–Trinajstić information content (AvgIpc) is 2.76. The molecule has 0 saturated heterocycles. The molecule has 1 atom stereocenters. The normalized spacial score (nSPS) is 15.4. The van der Waals surface area contributed by atoms with E-state index < -0.39 is 11.7 Å². The molecule has 21 heavy (non-hydrogen) atoms. The van der Waals surface area contributed by atoms with Crippen molar-refractivity contribution in [2.75, 3.05) is 13.7 Å². The van der Waals surface area contributed by atoms with Crippen LogP contribution >= 0.6 is 0 Å². The number of nitrogens with one attached hydrogen (secondary N) is 1. The monoisotopic (exact) mass is 295 g/mol. The van der Waals surface area contributed by atoms with Gasteiger partial charge < -0.3 is 25.0 Å². The number of carbonyl (C=O) groups excluding carboxylic acids is 1. The zero-order valence-corrected chi connectivity index (χ0v) is 12.7. The van der Waals surface area contributed by atoms with Crippen molar-refractivity contribution < 1.29 is 24.5 Å². The molecule has 0 aliphatic carbocycles. The summed E-state index contributed by atoms with van der Waals surface area (Å²) >= 11 is 0. The molecule has 0 unspecified atom stereocenters. The maximum Gasteiger partial charge on any atom is 0.252 e. The van der Waals surface area contributed by atoms with Crippen LogP contribution in [0.4, 0.5) is 0 Å². The molecule has 1 aliphatic heterocycles. The van der Waals surface area contributed by atoms with Crippen LogP contribution in [0.2, 0.25) is 0 Å². The fourth-order valence-corrected chi connectivity index (χ4v) is 2.23. The van der Waals surface area contributed by atoms with Gasteiger partial charge in [-0.15, -0.1) is 0 Å². The summed E-state index contributed by atoms with van der Waals surface area (Å²) < 4.78 is 10.9. The third kappa shape index (κ3) is 2.96. The number of aliphatic hydroxyl groups is 2. The Bertz CT molecular complexity index is 562. The first-order valence-electron chi connectivity index (χ1n) is 6.77. The Morgan fingerprint density at radius 2 is 2.14 bits per heavy atom. The summed E-state index contributed by atoms with van der Waals surface area (Å²) in [7, 11) is 1.54. The number of carbonyl (C=O) groups is 1. The highest BCUT2D eigenvalue weighted by Gasteiger charge is 2.28. The lowest BCUT2D eigenvalue weighted by molar-refractivity contribution is -0.0662. The van der Waals surface area contributed by atoms with Crippen LogP contribution in [0.3, 0.4) is 0 Å². The highest BCUT2D eigenvalue weighted by atomic mass is 16.5. The Hall–Kier alpha value is -1.79. The summed E-state index contributed by atoms with van der Waals surface area (Å²) in [6.45, 7) is 5.20. The Labute approximate surface area is 123 Å². The first kappa shape index (κ1) is 15.6. The van der Waals surface area contributed by atoms with Crippen molar-refractivity contribution in [3.8, 4) is 11.5 Å². The molecule has 6 heteroatoms. The van der Waals surface area contributed by atoms with E-state index in [-0.39, 0.29) is 12.5 Å². The van der Waals surface area contributed by atoms with Crippen molar-refractivity contribution in [3.63, 3.8) is 0 Å². The SMILES string of the molecule is COc1c(C)c(OC[C@H](O)C(C)(C)O)cc2c1CNC2=O. The summed E-state index contributed by atoms with van der Waals surface area (Å²) in [6, 6.07) is 1.65. The lowest BCUT2D eigenvalue weighted by atomic mass is 10.0. The van der Waals surface area contributed by atoms with E-state index in [4.69, 9.17) is 9.47 Å². The van der Waals surface area contributed by atoms with Gasteiger partial charge in [-0.25, -0.2) is 0 Å². The Morgan fingerprint density at radius 1 is 1.48 bits per heavy atom. The molecule has 116 valence electrons. The number of benzene rings is 1. The van der Waals surface area contributed by atoms with Gasteiger partial charge in [0.25, 0.3) is 5.91 Å². The van der Waals surface area contributed by atoms with E-state index in [1.54, 1.807) is 13.2 Å². The van der Waals surface area contributed by atoms with Crippen molar-refractivity contribution in [2.24, 2.45) is 0 Å². The summed E-state index contributed by atoms with van der Waals surface area (Å²) in [5.74, 6) is 0.903. The van der Waals surface area contributed by atoms with Crippen LogP contribution in [0, 0.1) is 6.92 Å². The Morgan fingerprint density at radius 3 is 2.71 bits per heavy atom. The summed E-state index contributed by atoms with van der Waals surface area (Å²) in [5, 5.41) is 22.3. The number of fused-ring (bicyclic) bond motifs is 1. The van der Waals surface area contributed by atoms with Gasteiger partial charge in [0.05, 0.1) is 18.3 Å². The van der Waals surface area contributed by atoms with Gasteiger partial charge in [-0.2, -0.15) is 0 Å². The number of hydrogen-bond acceptors (Lipinski definition) is 5. The fraction of sp³-hybridized carbons (Fsp3) is 0.533. The first-order valence-corrected chi connectivity index (χ1v) is 6.77. The number of rotatable bonds is 5. The first-order chi connectivity index (χ1) is 9.75. The molecule has 0 radical (unpaired) electrons. The van der Waals surface area contributed by atoms with Crippen LogP contribution in [0.15, 0.2) is 6.07 Å². The van der Waals surface area contributed by atoms with E-state index in [1.165, 1.54) is 13.8 Å². The number of aliphatic hydroxyl groups excluding tert-OH is 1. The van der Waals surface area contributed by atoms with E-state index in [0.29, 0.717) is 23.6 Å². The quantitative estimate of drug-likeness (QED) is 0.746.